The van der Waals surface area contributed by atoms with Gasteiger partial charge in [-0.25, -0.2) is 15.0 Å². The van der Waals surface area contributed by atoms with Gasteiger partial charge in [0.05, 0.1) is 0 Å². The normalized spacial score (nSPS) is 11.0. The van der Waals surface area contributed by atoms with E-state index in [1.807, 2.05) is 36.4 Å². The summed E-state index contributed by atoms with van der Waals surface area (Å²) in [5, 5.41) is 0. The number of aromatic nitrogens is 3. The summed E-state index contributed by atoms with van der Waals surface area (Å²) in [6.45, 7) is 0. The van der Waals surface area contributed by atoms with Crippen molar-refractivity contribution >= 4 is 0 Å². The standard InChI is InChI=1S/C57H39N3/c1-5-15-40(16-6-1)43-27-29-44(30-28-43)45-31-33-47(34-32-45)56-58-55(46-21-11-4-12-22-46)59-57(60-56)51-26-14-24-49(36-51)48-23-13-25-50(35-48)54-38-52(41-17-7-2-8-18-41)37-53(39-54)42-19-9-3-10-20-42/h1-39H. The maximum Gasteiger partial charge on any atom is 0.164 e. The molecule has 1 heterocycles. The van der Waals surface area contributed by atoms with Crippen LogP contribution in [-0.4, -0.2) is 15.0 Å². The Morgan fingerprint density at radius 1 is 0.150 bits per heavy atom. The summed E-state index contributed by atoms with van der Waals surface area (Å²) in [5.41, 5.74) is 16.8. The van der Waals surface area contributed by atoms with Crippen LogP contribution < -0.4 is 0 Å². The highest BCUT2D eigenvalue weighted by molar-refractivity contribution is 5.83. The summed E-state index contributed by atoms with van der Waals surface area (Å²) >= 11 is 0. The van der Waals surface area contributed by atoms with E-state index in [0.717, 1.165) is 50.1 Å². The van der Waals surface area contributed by atoms with Crippen LogP contribution >= 0.6 is 0 Å². The van der Waals surface area contributed by atoms with Gasteiger partial charge >= 0.3 is 0 Å². The molecule has 10 aromatic rings. The van der Waals surface area contributed by atoms with E-state index in [1.54, 1.807) is 0 Å². The van der Waals surface area contributed by atoms with Gasteiger partial charge in [-0.1, -0.05) is 206 Å². The Hall–Kier alpha value is -8.01. The molecular formula is C57H39N3. The van der Waals surface area contributed by atoms with Gasteiger partial charge in [0.2, 0.25) is 0 Å². The Kier molecular flexibility index (Phi) is 9.97. The summed E-state index contributed by atoms with van der Waals surface area (Å²) < 4.78 is 0. The van der Waals surface area contributed by atoms with E-state index in [1.165, 1.54) is 33.4 Å². The minimum absolute atomic E-state index is 0.625. The van der Waals surface area contributed by atoms with Crippen molar-refractivity contribution in [3.05, 3.63) is 237 Å². The van der Waals surface area contributed by atoms with E-state index in [0.29, 0.717) is 17.5 Å². The molecule has 0 radical (unpaired) electrons. The van der Waals surface area contributed by atoms with Crippen molar-refractivity contribution in [3.63, 3.8) is 0 Å². The zero-order valence-corrected chi connectivity index (χ0v) is 32.9. The van der Waals surface area contributed by atoms with Gasteiger partial charge in [0.1, 0.15) is 0 Å². The van der Waals surface area contributed by atoms with Gasteiger partial charge < -0.3 is 0 Å². The predicted octanol–water partition coefficient (Wildman–Crippen LogP) is 14.9. The van der Waals surface area contributed by atoms with Gasteiger partial charge in [-0.15, -0.1) is 0 Å². The molecule has 1 aromatic heterocycles. The molecule has 9 aromatic carbocycles. The monoisotopic (exact) mass is 765 g/mol. The smallest absolute Gasteiger partial charge is 0.164 e. The minimum atomic E-state index is 0.625. The Labute approximate surface area is 351 Å². The lowest BCUT2D eigenvalue weighted by atomic mass is 9.92. The minimum Gasteiger partial charge on any atom is -0.208 e. The van der Waals surface area contributed by atoms with Crippen molar-refractivity contribution in [2.24, 2.45) is 0 Å². The van der Waals surface area contributed by atoms with Crippen molar-refractivity contribution in [3.8, 4) is 101 Å². The fourth-order valence-corrected chi connectivity index (χ4v) is 7.75. The van der Waals surface area contributed by atoms with Crippen LogP contribution in [0.3, 0.4) is 0 Å². The van der Waals surface area contributed by atoms with Crippen LogP contribution in [0.25, 0.3) is 101 Å². The Morgan fingerprint density at radius 2 is 0.367 bits per heavy atom. The van der Waals surface area contributed by atoms with E-state index in [9.17, 15) is 0 Å². The molecule has 0 aliphatic carbocycles. The molecule has 0 aliphatic heterocycles. The van der Waals surface area contributed by atoms with Crippen molar-refractivity contribution in [1.29, 1.82) is 0 Å². The first-order valence-corrected chi connectivity index (χ1v) is 20.3. The molecule has 0 amide bonds. The molecule has 0 fully saturated rings. The van der Waals surface area contributed by atoms with Crippen LogP contribution in [-0.2, 0) is 0 Å². The van der Waals surface area contributed by atoms with E-state index >= 15 is 0 Å². The molecule has 0 N–H and O–H groups in total. The third kappa shape index (κ3) is 7.80. The molecule has 0 saturated carbocycles. The highest BCUT2D eigenvalue weighted by atomic mass is 15.0. The van der Waals surface area contributed by atoms with Gasteiger partial charge in [-0.05, 0) is 97.1 Å². The third-order valence-corrected chi connectivity index (χ3v) is 10.9. The maximum atomic E-state index is 5.10. The molecule has 3 nitrogen and oxygen atoms in total. The fourth-order valence-electron chi connectivity index (χ4n) is 7.75. The van der Waals surface area contributed by atoms with Crippen molar-refractivity contribution < 1.29 is 0 Å². The van der Waals surface area contributed by atoms with Gasteiger partial charge in [-0.3, -0.25) is 0 Å². The summed E-state index contributed by atoms with van der Waals surface area (Å²) in [6, 6.07) is 83.2. The summed E-state index contributed by atoms with van der Waals surface area (Å²) in [4.78, 5) is 15.2. The number of nitrogens with zero attached hydrogens (tertiary/aromatic N) is 3. The van der Waals surface area contributed by atoms with Gasteiger partial charge in [0, 0.05) is 16.7 Å². The fraction of sp³-hybridized carbons (Fsp3) is 0. The van der Waals surface area contributed by atoms with Gasteiger partial charge in [0.25, 0.3) is 0 Å². The molecule has 0 unspecified atom stereocenters. The average Bonchev–Trinajstić information content (AvgIpc) is 3.35. The van der Waals surface area contributed by atoms with Crippen LogP contribution in [0.15, 0.2) is 237 Å². The molecule has 0 bridgehead atoms. The molecular weight excluding hydrogens is 727 g/mol. The van der Waals surface area contributed by atoms with Crippen LogP contribution in [0.4, 0.5) is 0 Å². The third-order valence-electron chi connectivity index (χ3n) is 10.9. The molecule has 60 heavy (non-hydrogen) atoms. The lowest BCUT2D eigenvalue weighted by Crippen LogP contribution is -2.00. The molecule has 0 spiro atoms. The van der Waals surface area contributed by atoms with Crippen LogP contribution in [0.5, 0.6) is 0 Å². The maximum absolute atomic E-state index is 5.10. The Bertz CT molecular complexity index is 2980. The second kappa shape index (κ2) is 16.5. The van der Waals surface area contributed by atoms with E-state index in [2.05, 4.69) is 200 Å². The highest BCUT2D eigenvalue weighted by Gasteiger charge is 2.14. The first-order chi connectivity index (χ1) is 29.7. The number of benzene rings is 9. The Balaban J connectivity index is 0.994. The van der Waals surface area contributed by atoms with Crippen molar-refractivity contribution in [2.45, 2.75) is 0 Å². The molecule has 0 aliphatic rings. The van der Waals surface area contributed by atoms with Crippen LogP contribution in [0.2, 0.25) is 0 Å². The lowest BCUT2D eigenvalue weighted by Gasteiger charge is -2.13. The summed E-state index contributed by atoms with van der Waals surface area (Å²) in [7, 11) is 0. The summed E-state index contributed by atoms with van der Waals surface area (Å²) in [6.07, 6.45) is 0. The topological polar surface area (TPSA) is 38.7 Å². The first kappa shape index (κ1) is 36.3. The predicted molar refractivity (Wildman–Crippen MR) is 249 cm³/mol. The first-order valence-electron chi connectivity index (χ1n) is 20.3. The second-order valence-corrected chi connectivity index (χ2v) is 14.9. The number of hydrogen-bond acceptors (Lipinski definition) is 3. The molecule has 282 valence electrons. The molecule has 0 saturated heterocycles. The molecule has 0 atom stereocenters. The lowest BCUT2D eigenvalue weighted by molar-refractivity contribution is 1.07. The molecule has 3 heteroatoms. The largest absolute Gasteiger partial charge is 0.208 e. The number of rotatable bonds is 9. The SMILES string of the molecule is c1ccc(-c2ccc(-c3ccc(-c4nc(-c5ccccc5)nc(-c5cccc(-c6cccc(-c7cc(-c8ccccc8)cc(-c8ccccc8)c7)c6)c5)n4)cc3)cc2)cc1. The van der Waals surface area contributed by atoms with Crippen LogP contribution in [0.1, 0.15) is 0 Å². The van der Waals surface area contributed by atoms with Crippen LogP contribution in [0, 0.1) is 0 Å². The molecule has 10 rings (SSSR count). The van der Waals surface area contributed by atoms with Gasteiger partial charge in [0.15, 0.2) is 17.5 Å². The van der Waals surface area contributed by atoms with E-state index in [-0.39, 0.29) is 0 Å². The zero-order valence-electron chi connectivity index (χ0n) is 32.9. The van der Waals surface area contributed by atoms with Crippen molar-refractivity contribution in [1.82, 2.24) is 15.0 Å². The quantitative estimate of drug-likeness (QED) is 0.147. The zero-order chi connectivity index (χ0) is 40.1. The van der Waals surface area contributed by atoms with Gasteiger partial charge in [-0.2, -0.15) is 0 Å². The average molecular weight is 766 g/mol. The van der Waals surface area contributed by atoms with Crippen molar-refractivity contribution in [2.75, 3.05) is 0 Å². The Morgan fingerprint density at radius 3 is 0.783 bits per heavy atom. The summed E-state index contributed by atoms with van der Waals surface area (Å²) in [5.74, 6) is 1.89. The van der Waals surface area contributed by atoms with E-state index < -0.39 is 0 Å². The second-order valence-electron chi connectivity index (χ2n) is 14.9. The highest BCUT2D eigenvalue weighted by Crippen LogP contribution is 2.36. The van der Waals surface area contributed by atoms with E-state index in [4.69, 9.17) is 15.0 Å². The number of hydrogen-bond donors (Lipinski definition) is 0.